The van der Waals surface area contributed by atoms with E-state index in [0.717, 1.165) is 11.3 Å². The first-order valence-electron chi connectivity index (χ1n) is 5.20. The molecule has 6 nitrogen and oxygen atoms in total. The maximum Gasteiger partial charge on any atom is 0.357 e. The molecule has 0 radical (unpaired) electrons. The molecule has 0 fully saturated rings. The number of anilines is 1. The molecule has 0 aliphatic carbocycles. The summed E-state index contributed by atoms with van der Waals surface area (Å²) >= 11 is 0. The fourth-order valence-corrected chi connectivity index (χ4v) is 1.94. The lowest BCUT2D eigenvalue weighted by Crippen LogP contribution is -2.37. The zero-order valence-electron chi connectivity index (χ0n) is 9.87. The Morgan fingerprint density at radius 1 is 1.44 bits per heavy atom. The SMILES string of the molecule is CN1c2ccccc2CC1C(=O)ON=C(N)N.Cl. The van der Waals surface area contributed by atoms with Crippen LogP contribution in [0.1, 0.15) is 5.56 Å². The summed E-state index contributed by atoms with van der Waals surface area (Å²) in [5, 5.41) is 3.26. The van der Waals surface area contributed by atoms with Crippen LogP contribution < -0.4 is 16.4 Å². The molecule has 18 heavy (non-hydrogen) atoms. The van der Waals surface area contributed by atoms with Gasteiger partial charge in [-0.05, 0) is 16.8 Å². The van der Waals surface area contributed by atoms with Crippen molar-refractivity contribution < 1.29 is 9.63 Å². The van der Waals surface area contributed by atoms with Gasteiger partial charge >= 0.3 is 5.97 Å². The van der Waals surface area contributed by atoms with E-state index < -0.39 is 5.97 Å². The number of carbonyl (C=O) groups excluding carboxylic acids is 1. The second-order valence-corrected chi connectivity index (χ2v) is 3.89. The van der Waals surface area contributed by atoms with Gasteiger partial charge in [0.15, 0.2) is 0 Å². The van der Waals surface area contributed by atoms with Crippen LogP contribution in [0.25, 0.3) is 0 Å². The van der Waals surface area contributed by atoms with Gasteiger partial charge in [-0.1, -0.05) is 18.2 Å². The highest BCUT2D eigenvalue weighted by Gasteiger charge is 2.33. The third kappa shape index (κ3) is 2.65. The molecule has 7 heteroatoms. The molecule has 1 heterocycles. The van der Waals surface area contributed by atoms with E-state index in [9.17, 15) is 4.79 Å². The third-order valence-corrected chi connectivity index (χ3v) is 2.77. The van der Waals surface area contributed by atoms with Crippen molar-refractivity contribution in [3.05, 3.63) is 29.8 Å². The summed E-state index contributed by atoms with van der Waals surface area (Å²) in [4.78, 5) is 18.3. The number of carbonyl (C=O) groups is 1. The minimum Gasteiger partial charge on any atom is -0.367 e. The zero-order chi connectivity index (χ0) is 12.4. The van der Waals surface area contributed by atoms with Crippen molar-refractivity contribution in [3.63, 3.8) is 0 Å². The van der Waals surface area contributed by atoms with Crippen LogP contribution in [0, 0.1) is 0 Å². The Labute approximate surface area is 111 Å². The Kier molecular flexibility index (Phi) is 4.38. The van der Waals surface area contributed by atoms with Crippen LogP contribution >= 0.6 is 12.4 Å². The molecule has 98 valence electrons. The summed E-state index contributed by atoms with van der Waals surface area (Å²) in [6.45, 7) is 0. The number of nitrogens with two attached hydrogens (primary N) is 2. The molecule has 0 saturated carbocycles. The molecular formula is C11H15ClN4O2. The van der Waals surface area contributed by atoms with E-state index in [1.165, 1.54) is 0 Å². The van der Waals surface area contributed by atoms with Gasteiger partial charge < -0.3 is 21.2 Å². The van der Waals surface area contributed by atoms with Gasteiger partial charge in [-0.2, -0.15) is 0 Å². The molecular weight excluding hydrogens is 256 g/mol. The van der Waals surface area contributed by atoms with E-state index in [0.29, 0.717) is 6.42 Å². The van der Waals surface area contributed by atoms with E-state index in [1.807, 2.05) is 36.2 Å². The van der Waals surface area contributed by atoms with Gasteiger partial charge in [-0.3, -0.25) is 0 Å². The molecule has 0 amide bonds. The van der Waals surface area contributed by atoms with E-state index in [-0.39, 0.29) is 24.4 Å². The second-order valence-electron chi connectivity index (χ2n) is 3.89. The highest BCUT2D eigenvalue weighted by Crippen LogP contribution is 2.30. The zero-order valence-corrected chi connectivity index (χ0v) is 10.7. The van der Waals surface area contributed by atoms with Crippen LogP contribution in [0.4, 0.5) is 5.69 Å². The molecule has 1 unspecified atom stereocenters. The Hall–Kier alpha value is -1.95. The highest BCUT2D eigenvalue weighted by atomic mass is 35.5. The van der Waals surface area contributed by atoms with Crippen molar-refractivity contribution >= 4 is 30.0 Å². The molecule has 1 aromatic carbocycles. The van der Waals surface area contributed by atoms with Crippen molar-refractivity contribution in [3.8, 4) is 0 Å². The summed E-state index contributed by atoms with van der Waals surface area (Å²) in [6.07, 6.45) is 0.603. The topological polar surface area (TPSA) is 93.9 Å². The van der Waals surface area contributed by atoms with Crippen LogP contribution in [-0.2, 0) is 16.1 Å². The number of fused-ring (bicyclic) bond motifs is 1. The van der Waals surface area contributed by atoms with E-state index >= 15 is 0 Å². The molecule has 4 N–H and O–H groups in total. The van der Waals surface area contributed by atoms with E-state index in [4.69, 9.17) is 11.5 Å². The summed E-state index contributed by atoms with van der Waals surface area (Å²) in [5.74, 6) is -0.728. The lowest BCUT2D eigenvalue weighted by Gasteiger charge is -2.19. The summed E-state index contributed by atoms with van der Waals surface area (Å²) in [6, 6.07) is 7.44. The van der Waals surface area contributed by atoms with Gasteiger partial charge in [-0.15, -0.1) is 12.4 Å². The smallest absolute Gasteiger partial charge is 0.357 e. The fraction of sp³-hybridized carbons (Fsp3) is 0.273. The number of benzene rings is 1. The van der Waals surface area contributed by atoms with E-state index in [1.54, 1.807) is 0 Å². The maximum absolute atomic E-state index is 11.7. The lowest BCUT2D eigenvalue weighted by molar-refractivity contribution is -0.145. The molecule has 1 aromatic rings. The number of oxime groups is 1. The van der Waals surface area contributed by atoms with Crippen LogP contribution in [0.3, 0.4) is 0 Å². The predicted octanol–water partition coefficient (Wildman–Crippen LogP) is 0.201. The Bertz CT molecular complexity index is 474. The van der Waals surface area contributed by atoms with Gasteiger partial charge in [0.25, 0.3) is 0 Å². The number of halogens is 1. The molecule has 2 rings (SSSR count). The first kappa shape index (κ1) is 14.1. The number of likely N-dealkylation sites (N-methyl/N-ethyl adjacent to an activating group) is 1. The summed E-state index contributed by atoms with van der Waals surface area (Å²) in [7, 11) is 1.84. The number of guanidine groups is 1. The first-order valence-corrected chi connectivity index (χ1v) is 5.20. The third-order valence-electron chi connectivity index (χ3n) is 2.77. The van der Waals surface area contributed by atoms with Crippen molar-refractivity contribution in [2.45, 2.75) is 12.5 Å². The van der Waals surface area contributed by atoms with Crippen LogP contribution in [0.5, 0.6) is 0 Å². The Balaban J connectivity index is 0.00000162. The highest BCUT2D eigenvalue weighted by molar-refractivity contribution is 5.85. The Morgan fingerprint density at radius 2 is 2.11 bits per heavy atom. The van der Waals surface area contributed by atoms with Gasteiger partial charge in [-0.25, -0.2) is 4.79 Å². The number of hydrogen-bond acceptors (Lipinski definition) is 4. The molecule has 0 saturated heterocycles. The van der Waals surface area contributed by atoms with Gasteiger partial charge in [0, 0.05) is 19.2 Å². The maximum atomic E-state index is 11.7. The molecule has 1 aliphatic rings. The van der Waals surface area contributed by atoms with E-state index in [2.05, 4.69) is 9.99 Å². The van der Waals surface area contributed by atoms with Crippen molar-refractivity contribution in [2.75, 3.05) is 11.9 Å². The quantitative estimate of drug-likeness (QED) is 0.347. The minimum absolute atomic E-state index is 0. The van der Waals surface area contributed by atoms with Crippen LogP contribution in [-0.4, -0.2) is 25.0 Å². The average molecular weight is 271 g/mol. The lowest BCUT2D eigenvalue weighted by atomic mass is 10.1. The number of rotatable bonds is 2. The van der Waals surface area contributed by atoms with Crippen molar-refractivity contribution in [2.24, 2.45) is 16.6 Å². The Morgan fingerprint density at radius 3 is 2.72 bits per heavy atom. The monoisotopic (exact) mass is 270 g/mol. The summed E-state index contributed by atoms with van der Waals surface area (Å²) < 4.78 is 0. The van der Waals surface area contributed by atoms with Crippen LogP contribution in [0.2, 0.25) is 0 Å². The van der Waals surface area contributed by atoms with Crippen molar-refractivity contribution in [1.29, 1.82) is 0 Å². The molecule has 0 aromatic heterocycles. The van der Waals surface area contributed by atoms with Crippen molar-refractivity contribution in [1.82, 2.24) is 0 Å². The minimum atomic E-state index is -0.461. The van der Waals surface area contributed by atoms with Crippen LogP contribution in [0.15, 0.2) is 29.4 Å². The molecule has 0 spiro atoms. The molecule has 1 aliphatic heterocycles. The summed E-state index contributed by atoms with van der Waals surface area (Å²) in [5.41, 5.74) is 12.3. The first-order chi connectivity index (χ1) is 8.09. The number of hydrogen-bond donors (Lipinski definition) is 2. The molecule has 0 bridgehead atoms. The largest absolute Gasteiger partial charge is 0.367 e. The van der Waals surface area contributed by atoms with Gasteiger partial charge in [0.2, 0.25) is 5.96 Å². The normalized spacial score (nSPS) is 16.5. The number of para-hydroxylation sites is 1. The van der Waals surface area contributed by atoms with Gasteiger partial charge in [0.1, 0.15) is 6.04 Å². The predicted molar refractivity (Wildman–Crippen MR) is 71.5 cm³/mol. The fourth-order valence-electron chi connectivity index (χ4n) is 1.94. The number of nitrogens with zero attached hydrogens (tertiary/aromatic N) is 2. The molecule has 1 atom stereocenters. The average Bonchev–Trinajstić information content (AvgIpc) is 2.64. The second kappa shape index (κ2) is 5.59. The van der Waals surface area contributed by atoms with Gasteiger partial charge in [0.05, 0.1) is 0 Å². The standard InChI is InChI=1S/C11H14N4O2.ClH/c1-15-8-5-3-2-4-7(8)6-9(15)10(16)17-14-11(12)13;/h2-5,9H,6H2,1H3,(H4,12,13,14);1H.